The van der Waals surface area contributed by atoms with Crippen LogP contribution in [-0.4, -0.2) is 21.6 Å². The first-order valence-corrected chi connectivity index (χ1v) is 6.80. The van der Waals surface area contributed by atoms with Gasteiger partial charge in [0, 0.05) is 18.8 Å². The summed E-state index contributed by atoms with van der Waals surface area (Å²) in [5.41, 5.74) is 7.28. The van der Waals surface area contributed by atoms with Crippen LogP contribution in [0.3, 0.4) is 0 Å². The van der Waals surface area contributed by atoms with Gasteiger partial charge in [0.2, 0.25) is 0 Å². The molecule has 0 saturated carbocycles. The molecule has 0 aliphatic rings. The average Bonchev–Trinajstić information content (AvgIpc) is 2.65. The lowest BCUT2D eigenvalue weighted by atomic mass is 10.0. The molecule has 0 radical (unpaired) electrons. The molecular weight excluding hydrogens is 206 g/mol. The van der Waals surface area contributed by atoms with E-state index < -0.39 is 0 Å². The SMILES string of the molecule is CSCCCn1cncc1C(N)C(C)C. The van der Waals surface area contributed by atoms with Gasteiger partial charge in [0.05, 0.1) is 12.0 Å². The molecule has 1 atom stereocenters. The monoisotopic (exact) mass is 227 g/mol. The van der Waals surface area contributed by atoms with Crippen molar-refractivity contribution in [3.8, 4) is 0 Å². The molecule has 1 heterocycles. The third-order valence-electron chi connectivity index (χ3n) is 2.55. The number of nitrogens with zero attached hydrogens (tertiary/aromatic N) is 2. The van der Waals surface area contributed by atoms with Gasteiger partial charge < -0.3 is 10.3 Å². The number of aryl methyl sites for hydroxylation is 1. The number of thioether (sulfide) groups is 1. The topological polar surface area (TPSA) is 43.8 Å². The fraction of sp³-hybridized carbons (Fsp3) is 0.727. The summed E-state index contributed by atoms with van der Waals surface area (Å²) in [6.07, 6.45) is 7.09. The van der Waals surface area contributed by atoms with E-state index in [4.69, 9.17) is 5.73 Å². The van der Waals surface area contributed by atoms with Crippen LogP contribution in [-0.2, 0) is 6.54 Å². The van der Waals surface area contributed by atoms with E-state index in [1.165, 1.54) is 12.2 Å². The minimum atomic E-state index is 0.0989. The van der Waals surface area contributed by atoms with E-state index in [9.17, 15) is 0 Å². The van der Waals surface area contributed by atoms with Gasteiger partial charge in [-0.3, -0.25) is 0 Å². The lowest BCUT2D eigenvalue weighted by molar-refractivity contribution is 0.476. The summed E-state index contributed by atoms with van der Waals surface area (Å²) >= 11 is 1.88. The number of aromatic nitrogens is 2. The lowest BCUT2D eigenvalue weighted by Gasteiger charge is -2.17. The molecule has 4 heteroatoms. The second-order valence-electron chi connectivity index (χ2n) is 4.13. The zero-order valence-corrected chi connectivity index (χ0v) is 10.6. The smallest absolute Gasteiger partial charge is 0.0948 e. The maximum absolute atomic E-state index is 6.12. The van der Waals surface area contributed by atoms with E-state index in [-0.39, 0.29) is 6.04 Å². The highest BCUT2D eigenvalue weighted by molar-refractivity contribution is 7.98. The minimum absolute atomic E-state index is 0.0989. The predicted molar refractivity (Wildman–Crippen MR) is 67.0 cm³/mol. The predicted octanol–water partition coefficient (Wildman–Crippen LogP) is 2.29. The molecule has 2 N–H and O–H groups in total. The highest BCUT2D eigenvalue weighted by Crippen LogP contribution is 2.18. The zero-order chi connectivity index (χ0) is 11.3. The fourth-order valence-electron chi connectivity index (χ4n) is 1.52. The van der Waals surface area contributed by atoms with E-state index in [1.54, 1.807) is 0 Å². The van der Waals surface area contributed by atoms with Crippen molar-refractivity contribution in [2.45, 2.75) is 32.9 Å². The first-order valence-electron chi connectivity index (χ1n) is 5.41. The van der Waals surface area contributed by atoms with Crippen molar-refractivity contribution in [2.24, 2.45) is 11.7 Å². The van der Waals surface area contributed by atoms with E-state index in [2.05, 4.69) is 29.7 Å². The molecule has 0 aromatic carbocycles. The van der Waals surface area contributed by atoms with Gasteiger partial charge in [0.25, 0.3) is 0 Å². The highest BCUT2D eigenvalue weighted by Gasteiger charge is 2.14. The number of imidazole rings is 1. The summed E-state index contributed by atoms with van der Waals surface area (Å²) in [5.74, 6) is 1.65. The van der Waals surface area contributed by atoms with Crippen LogP contribution in [0.2, 0.25) is 0 Å². The molecule has 0 spiro atoms. The van der Waals surface area contributed by atoms with Crippen molar-refractivity contribution in [3.05, 3.63) is 18.2 Å². The maximum Gasteiger partial charge on any atom is 0.0948 e. The van der Waals surface area contributed by atoms with Gasteiger partial charge in [0.1, 0.15) is 0 Å². The maximum atomic E-state index is 6.12. The van der Waals surface area contributed by atoms with Crippen LogP contribution in [0.4, 0.5) is 0 Å². The first kappa shape index (κ1) is 12.6. The van der Waals surface area contributed by atoms with Crippen molar-refractivity contribution in [1.82, 2.24) is 9.55 Å². The molecule has 0 aliphatic carbocycles. The Morgan fingerprint density at radius 3 is 2.87 bits per heavy atom. The van der Waals surface area contributed by atoms with Crippen LogP contribution in [0, 0.1) is 5.92 Å². The Bertz CT molecular complexity index is 283. The van der Waals surface area contributed by atoms with Crippen LogP contribution in [0.25, 0.3) is 0 Å². The Balaban J connectivity index is 2.60. The van der Waals surface area contributed by atoms with Crippen LogP contribution in [0.5, 0.6) is 0 Å². The number of nitrogens with two attached hydrogens (primary N) is 1. The highest BCUT2D eigenvalue weighted by atomic mass is 32.2. The van der Waals surface area contributed by atoms with E-state index >= 15 is 0 Å². The molecule has 1 rings (SSSR count). The molecule has 3 nitrogen and oxygen atoms in total. The van der Waals surface area contributed by atoms with Crippen molar-refractivity contribution < 1.29 is 0 Å². The zero-order valence-electron chi connectivity index (χ0n) is 9.81. The Hall–Kier alpha value is -0.480. The third-order valence-corrected chi connectivity index (χ3v) is 3.25. The summed E-state index contributed by atoms with van der Waals surface area (Å²) < 4.78 is 2.18. The average molecular weight is 227 g/mol. The molecule has 0 amide bonds. The second kappa shape index (κ2) is 6.18. The van der Waals surface area contributed by atoms with Gasteiger partial charge in [-0.1, -0.05) is 13.8 Å². The van der Waals surface area contributed by atoms with Gasteiger partial charge in [-0.25, -0.2) is 4.98 Å². The van der Waals surface area contributed by atoms with E-state index in [0.29, 0.717) is 5.92 Å². The third kappa shape index (κ3) is 3.54. The summed E-state index contributed by atoms with van der Waals surface area (Å²) in [5, 5.41) is 0. The molecule has 0 bridgehead atoms. The molecule has 86 valence electrons. The van der Waals surface area contributed by atoms with E-state index in [0.717, 1.165) is 12.2 Å². The molecule has 0 saturated heterocycles. The van der Waals surface area contributed by atoms with Gasteiger partial charge in [-0.05, 0) is 24.3 Å². The summed E-state index contributed by atoms with van der Waals surface area (Å²) in [7, 11) is 0. The van der Waals surface area contributed by atoms with Gasteiger partial charge >= 0.3 is 0 Å². The standard InChI is InChI=1S/C11H21N3S/c1-9(2)11(12)10-7-13-8-14(10)5-4-6-15-3/h7-9,11H,4-6,12H2,1-3H3. The molecular formula is C11H21N3S. The Labute approximate surface area is 96.5 Å². The Morgan fingerprint density at radius 1 is 1.53 bits per heavy atom. The molecule has 0 aliphatic heterocycles. The largest absolute Gasteiger partial charge is 0.333 e. The van der Waals surface area contributed by atoms with E-state index in [1.807, 2.05) is 24.3 Å². The number of hydrogen-bond donors (Lipinski definition) is 1. The molecule has 1 aromatic heterocycles. The van der Waals surface area contributed by atoms with Crippen LogP contribution >= 0.6 is 11.8 Å². The Kier molecular flexibility index (Phi) is 5.19. The molecule has 1 aromatic rings. The molecule has 0 fully saturated rings. The van der Waals surface area contributed by atoms with Crippen molar-refractivity contribution >= 4 is 11.8 Å². The fourth-order valence-corrected chi connectivity index (χ4v) is 1.93. The Morgan fingerprint density at radius 2 is 2.27 bits per heavy atom. The number of rotatable bonds is 6. The van der Waals surface area contributed by atoms with Gasteiger partial charge in [0.15, 0.2) is 0 Å². The van der Waals surface area contributed by atoms with Gasteiger partial charge in [-0.2, -0.15) is 11.8 Å². The quantitative estimate of drug-likeness (QED) is 0.758. The van der Waals surface area contributed by atoms with Gasteiger partial charge in [-0.15, -0.1) is 0 Å². The molecule has 15 heavy (non-hydrogen) atoms. The van der Waals surface area contributed by atoms with Crippen molar-refractivity contribution in [2.75, 3.05) is 12.0 Å². The van der Waals surface area contributed by atoms with Crippen molar-refractivity contribution in [1.29, 1.82) is 0 Å². The minimum Gasteiger partial charge on any atom is -0.333 e. The van der Waals surface area contributed by atoms with Crippen LogP contribution in [0.15, 0.2) is 12.5 Å². The normalized spacial score (nSPS) is 13.4. The summed E-state index contributed by atoms with van der Waals surface area (Å²) in [6.45, 7) is 5.31. The summed E-state index contributed by atoms with van der Waals surface area (Å²) in [4.78, 5) is 4.18. The van der Waals surface area contributed by atoms with Crippen molar-refractivity contribution in [3.63, 3.8) is 0 Å². The van der Waals surface area contributed by atoms with Crippen LogP contribution < -0.4 is 5.73 Å². The first-order chi connectivity index (χ1) is 7.16. The second-order valence-corrected chi connectivity index (χ2v) is 5.11. The molecule has 1 unspecified atom stereocenters. The lowest BCUT2D eigenvalue weighted by Crippen LogP contribution is -2.20. The number of hydrogen-bond acceptors (Lipinski definition) is 3. The summed E-state index contributed by atoms with van der Waals surface area (Å²) in [6, 6.07) is 0.0989. The van der Waals surface area contributed by atoms with Crippen LogP contribution in [0.1, 0.15) is 32.0 Å².